The summed E-state index contributed by atoms with van der Waals surface area (Å²) in [5.41, 5.74) is 0.674. The molecule has 0 saturated heterocycles. The van der Waals surface area contributed by atoms with Gasteiger partial charge in [0.05, 0.1) is 16.9 Å². The fourth-order valence-electron chi connectivity index (χ4n) is 3.52. The van der Waals surface area contributed by atoms with E-state index in [0.29, 0.717) is 34.3 Å². The molecule has 3 rings (SSSR count). The molecule has 2 aromatic heterocycles. The minimum atomic E-state index is -1.50. The van der Waals surface area contributed by atoms with Crippen molar-refractivity contribution in [3.8, 4) is 17.0 Å². The minimum absolute atomic E-state index is 0.205. The number of benzene rings is 1. The largest absolute Gasteiger partial charge is 0.506 e. The van der Waals surface area contributed by atoms with Crippen molar-refractivity contribution in [2.75, 3.05) is 0 Å². The summed E-state index contributed by atoms with van der Waals surface area (Å²) >= 11 is 0. The van der Waals surface area contributed by atoms with Gasteiger partial charge in [0, 0.05) is 30.6 Å². The van der Waals surface area contributed by atoms with Crippen molar-refractivity contribution in [3.63, 3.8) is 0 Å². The molecule has 0 unspecified atom stereocenters. The van der Waals surface area contributed by atoms with Crippen molar-refractivity contribution in [3.05, 3.63) is 51.2 Å². The van der Waals surface area contributed by atoms with Gasteiger partial charge in [-0.3, -0.25) is 4.79 Å². The molecule has 0 spiro atoms. The Bertz CT molecular complexity index is 1160. The third-order valence-corrected chi connectivity index (χ3v) is 5.08. The number of fused-ring (bicyclic) bond motifs is 1. The van der Waals surface area contributed by atoms with Gasteiger partial charge in [-0.15, -0.1) is 0 Å². The molecule has 1 aromatic carbocycles. The summed E-state index contributed by atoms with van der Waals surface area (Å²) in [5, 5.41) is 23.1. The van der Waals surface area contributed by atoms with E-state index in [-0.39, 0.29) is 24.0 Å². The van der Waals surface area contributed by atoms with E-state index >= 15 is 4.39 Å². The van der Waals surface area contributed by atoms with Gasteiger partial charge in [-0.25, -0.2) is 9.18 Å². The maximum absolute atomic E-state index is 15.1. The number of nitrogens with one attached hydrogen (secondary N) is 2. The quantitative estimate of drug-likeness (QED) is 0.508. The number of hydrogen-bond donors (Lipinski definition) is 4. The number of carboxylic acids is 1. The SMILES string of the molecule is CCc1c(-c2ccc3c(c2)c(F)c(CNC(C)C)n3C)[nH]c(=O)c(C(=O)O)c1O. The molecule has 0 aliphatic carbocycles. The summed E-state index contributed by atoms with van der Waals surface area (Å²) in [6, 6.07) is 5.27. The number of aromatic nitrogens is 2. The van der Waals surface area contributed by atoms with E-state index in [1.54, 1.807) is 36.7 Å². The lowest BCUT2D eigenvalue weighted by Crippen LogP contribution is -2.23. The lowest BCUT2D eigenvalue weighted by Gasteiger charge is -2.12. The zero-order valence-electron chi connectivity index (χ0n) is 16.8. The first kappa shape index (κ1) is 20.6. The molecule has 3 aromatic rings. The molecule has 0 amide bonds. The van der Waals surface area contributed by atoms with Gasteiger partial charge in [0.25, 0.3) is 5.56 Å². The second-order valence-corrected chi connectivity index (χ2v) is 7.28. The average molecular weight is 401 g/mol. The predicted octanol–water partition coefficient (Wildman–Crippen LogP) is 3.14. The molecule has 2 heterocycles. The molecule has 29 heavy (non-hydrogen) atoms. The Hall–Kier alpha value is -3.13. The van der Waals surface area contributed by atoms with Gasteiger partial charge in [0.2, 0.25) is 0 Å². The van der Waals surface area contributed by atoms with Crippen LogP contribution in [0.15, 0.2) is 23.0 Å². The Morgan fingerprint density at radius 1 is 1.34 bits per heavy atom. The van der Waals surface area contributed by atoms with Gasteiger partial charge in [-0.1, -0.05) is 26.8 Å². The van der Waals surface area contributed by atoms with E-state index < -0.39 is 22.8 Å². The first-order valence-corrected chi connectivity index (χ1v) is 9.39. The highest BCUT2D eigenvalue weighted by molar-refractivity contribution is 5.93. The zero-order valence-corrected chi connectivity index (χ0v) is 16.8. The number of rotatable bonds is 6. The fourth-order valence-corrected chi connectivity index (χ4v) is 3.52. The molecule has 4 N–H and O–H groups in total. The number of carboxylic acid groups (broad SMARTS) is 1. The zero-order chi connectivity index (χ0) is 21.5. The smallest absolute Gasteiger partial charge is 0.345 e. The van der Waals surface area contributed by atoms with Crippen molar-refractivity contribution in [1.29, 1.82) is 0 Å². The molecule has 0 atom stereocenters. The molecule has 0 aliphatic rings. The van der Waals surface area contributed by atoms with E-state index in [1.807, 2.05) is 13.8 Å². The number of carbonyl (C=O) groups is 1. The molecular formula is C21H24FN3O4. The molecule has 0 radical (unpaired) electrons. The number of aromatic carboxylic acids is 1. The first-order valence-electron chi connectivity index (χ1n) is 9.39. The molecule has 7 nitrogen and oxygen atoms in total. The van der Waals surface area contributed by atoms with Gasteiger partial charge < -0.3 is 25.1 Å². The summed E-state index contributed by atoms with van der Waals surface area (Å²) in [6.07, 6.45) is 0.289. The molecule has 154 valence electrons. The second-order valence-electron chi connectivity index (χ2n) is 7.28. The van der Waals surface area contributed by atoms with Crippen LogP contribution in [0.2, 0.25) is 0 Å². The average Bonchev–Trinajstić information content (AvgIpc) is 2.89. The standard InChI is InChI=1S/C21H24FN3O4/c1-5-12-18(24-20(27)16(19(12)26)21(28)29)11-6-7-14-13(8-11)17(22)15(25(14)4)9-23-10(2)3/h6-8,10,23H,5,9H2,1-4H3,(H,28,29)(H2,24,26,27). The number of aromatic hydroxyl groups is 1. The summed E-state index contributed by atoms with van der Waals surface area (Å²) in [6.45, 7) is 6.07. The molecule has 0 bridgehead atoms. The molecule has 0 saturated carbocycles. The molecule has 0 aliphatic heterocycles. The Morgan fingerprint density at radius 3 is 2.62 bits per heavy atom. The van der Waals surface area contributed by atoms with Gasteiger partial charge in [0.1, 0.15) is 5.75 Å². The van der Waals surface area contributed by atoms with Gasteiger partial charge in [0.15, 0.2) is 11.4 Å². The maximum atomic E-state index is 15.1. The van der Waals surface area contributed by atoms with Crippen LogP contribution in [-0.2, 0) is 20.0 Å². The summed E-state index contributed by atoms with van der Waals surface area (Å²) in [5.74, 6) is -2.42. The highest BCUT2D eigenvalue weighted by Gasteiger charge is 2.23. The lowest BCUT2D eigenvalue weighted by molar-refractivity contribution is 0.0691. The number of nitrogens with zero attached hydrogens (tertiary/aromatic N) is 1. The van der Waals surface area contributed by atoms with Gasteiger partial charge >= 0.3 is 5.97 Å². The van der Waals surface area contributed by atoms with Crippen LogP contribution in [0, 0.1) is 5.82 Å². The number of aryl methyl sites for hydroxylation is 1. The second kappa shape index (κ2) is 7.71. The Balaban J connectivity index is 2.20. The van der Waals surface area contributed by atoms with Crippen LogP contribution in [0.5, 0.6) is 5.75 Å². The first-order chi connectivity index (χ1) is 13.7. The summed E-state index contributed by atoms with van der Waals surface area (Å²) in [7, 11) is 1.79. The molecule has 0 fully saturated rings. The highest BCUT2D eigenvalue weighted by Crippen LogP contribution is 2.33. The predicted molar refractivity (Wildman–Crippen MR) is 109 cm³/mol. The highest BCUT2D eigenvalue weighted by atomic mass is 19.1. The van der Waals surface area contributed by atoms with Crippen molar-refractivity contribution in [1.82, 2.24) is 14.9 Å². The normalized spacial score (nSPS) is 11.5. The Labute approximate surface area is 166 Å². The van der Waals surface area contributed by atoms with Crippen molar-refractivity contribution in [2.45, 2.75) is 39.8 Å². The van der Waals surface area contributed by atoms with Crippen LogP contribution >= 0.6 is 0 Å². The van der Waals surface area contributed by atoms with Crippen molar-refractivity contribution < 1.29 is 19.4 Å². The fraction of sp³-hybridized carbons (Fsp3) is 0.333. The third-order valence-electron chi connectivity index (χ3n) is 5.08. The van der Waals surface area contributed by atoms with Crippen LogP contribution < -0.4 is 10.9 Å². The van der Waals surface area contributed by atoms with Crippen LogP contribution in [-0.4, -0.2) is 31.8 Å². The summed E-state index contributed by atoms with van der Waals surface area (Å²) < 4.78 is 16.9. The van der Waals surface area contributed by atoms with E-state index in [4.69, 9.17) is 0 Å². The number of halogens is 1. The van der Waals surface area contributed by atoms with Gasteiger partial charge in [-0.2, -0.15) is 0 Å². The maximum Gasteiger partial charge on any atom is 0.345 e. The Morgan fingerprint density at radius 2 is 2.03 bits per heavy atom. The van der Waals surface area contributed by atoms with Crippen LogP contribution in [0.4, 0.5) is 4.39 Å². The van der Waals surface area contributed by atoms with Crippen LogP contribution in [0.3, 0.4) is 0 Å². The number of hydrogen-bond acceptors (Lipinski definition) is 4. The van der Waals surface area contributed by atoms with Crippen molar-refractivity contribution in [2.24, 2.45) is 7.05 Å². The number of pyridine rings is 1. The monoisotopic (exact) mass is 401 g/mol. The van der Waals surface area contributed by atoms with Crippen LogP contribution in [0.25, 0.3) is 22.2 Å². The number of aromatic amines is 1. The summed E-state index contributed by atoms with van der Waals surface area (Å²) in [4.78, 5) is 26.0. The van der Waals surface area contributed by atoms with E-state index in [1.165, 1.54) is 0 Å². The minimum Gasteiger partial charge on any atom is -0.506 e. The topological polar surface area (TPSA) is 107 Å². The van der Waals surface area contributed by atoms with E-state index in [2.05, 4.69) is 10.3 Å². The Kier molecular flexibility index (Phi) is 5.48. The third kappa shape index (κ3) is 3.51. The van der Waals surface area contributed by atoms with Crippen LogP contribution in [0.1, 0.15) is 42.4 Å². The molecule has 8 heteroatoms. The van der Waals surface area contributed by atoms with E-state index in [0.717, 1.165) is 0 Å². The lowest BCUT2D eigenvalue weighted by atomic mass is 9.99. The number of H-pyrrole nitrogens is 1. The van der Waals surface area contributed by atoms with Crippen molar-refractivity contribution >= 4 is 16.9 Å². The molecular weight excluding hydrogens is 377 g/mol. The van der Waals surface area contributed by atoms with E-state index in [9.17, 15) is 19.8 Å². The van der Waals surface area contributed by atoms with Gasteiger partial charge in [-0.05, 0) is 24.1 Å².